The predicted molar refractivity (Wildman–Crippen MR) is 65.0 cm³/mol. The average Bonchev–Trinajstić information content (AvgIpc) is 2.71. The number of nitrogens with zero attached hydrogens (tertiary/aromatic N) is 3. The molecule has 2 rings (SSSR count). The molecule has 0 aliphatic carbocycles. The Labute approximate surface area is 107 Å². The van der Waals surface area contributed by atoms with Crippen LogP contribution in [0, 0.1) is 6.92 Å². The van der Waals surface area contributed by atoms with E-state index in [1.165, 1.54) is 18.5 Å². The van der Waals surface area contributed by atoms with Crippen molar-refractivity contribution in [3.8, 4) is 0 Å². The molecular formula is C10H10N6O3. The summed E-state index contributed by atoms with van der Waals surface area (Å²) in [5.41, 5.74) is 0.677. The summed E-state index contributed by atoms with van der Waals surface area (Å²) in [4.78, 5) is 28.9. The van der Waals surface area contributed by atoms with E-state index in [9.17, 15) is 9.59 Å². The van der Waals surface area contributed by atoms with Crippen molar-refractivity contribution in [2.24, 2.45) is 0 Å². The SMILES string of the molecule is Cc1cc(NC(=O)Nc2nccnn2)c(C(=O)O)[nH]1. The summed E-state index contributed by atoms with van der Waals surface area (Å²) in [6.45, 7) is 1.68. The second kappa shape index (κ2) is 5.12. The van der Waals surface area contributed by atoms with Gasteiger partial charge in [0, 0.05) is 5.69 Å². The second-order valence-corrected chi connectivity index (χ2v) is 3.59. The molecule has 0 aliphatic rings. The molecule has 0 aromatic carbocycles. The van der Waals surface area contributed by atoms with Gasteiger partial charge in [0.25, 0.3) is 5.95 Å². The van der Waals surface area contributed by atoms with E-state index >= 15 is 0 Å². The summed E-state index contributed by atoms with van der Waals surface area (Å²) in [6.07, 6.45) is 2.73. The monoisotopic (exact) mass is 262 g/mol. The molecule has 0 unspecified atom stereocenters. The molecule has 9 nitrogen and oxygen atoms in total. The van der Waals surface area contributed by atoms with Crippen LogP contribution in [0.15, 0.2) is 18.5 Å². The number of hydrogen-bond acceptors (Lipinski definition) is 5. The largest absolute Gasteiger partial charge is 0.477 e. The number of rotatable bonds is 3. The number of nitrogens with one attached hydrogen (secondary N) is 3. The lowest BCUT2D eigenvalue weighted by molar-refractivity contribution is 0.0692. The van der Waals surface area contributed by atoms with E-state index in [0.717, 1.165) is 0 Å². The van der Waals surface area contributed by atoms with Gasteiger partial charge in [-0.05, 0) is 13.0 Å². The molecule has 0 bridgehead atoms. The summed E-state index contributed by atoms with van der Waals surface area (Å²) >= 11 is 0. The zero-order valence-electron chi connectivity index (χ0n) is 9.84. The highest BCUT2D eigenvalue weighted by Crippen LogP contribution is 2.16. The third kappa shape index (κ3) is 3.03. The second-order valence-electron chi connectivity index (χ2n) is 3.59. The first-order valence-electron chi connectivity index (χ1n) is 5.21. The van der Waals surface area contributed by atoms with Crippen LogP contribution >= 0.6 is 0 Å². The lowest BCUT2D eigenvalue weighted by Gasteiger charge is -2.04. The molecule has 0 fully saturated rings. The predicted octanol–water partition coefficient (Wildman–Crippen LogP) is 0.850. The lowest BCUT2D eigenvalue weighted by Crippen LogP contribution is -2.22. The Morgan fingerprint density at radius 2 is 2.11 bits per heavy atom. The van der Waals surface area contributed by atoms with Crippen LogP contribution in [0.1, 0.15) is 16.2 Å². The molecule has 4 N–H and O–H groups in total. The van der Waals surface area contributed by atoms with E-state index in [2.05, 4.69) is 30.8 Å². The van der Waals surface area contributed by atoms with Crippen molar-refractivity contribution in [3.05, 3.63) is 29.8 Å². The zero-order chi connectivity index (χ0) is 13.8. The van der Waals surface area contributed by atoms with Gasteiger partial charge in [-0.3, -0.25) is 5.32 Å². The van der Waals surface area contributed by atoms with E-state index in [-0.39, 0.29) is 17.3 Å². The number of anilines is 2. The van der Waals surface area contributed by atoms with Gasteiger partial charge in [0.1, 0.15) is 5.69 Å². The van der Waals surface area contributed by atoms with Crippen molar-refractivity contribution >= 4 is 23.6 Å². The molecule has 0 spiro atoms. The Hall–Kier alpha value is -2.97. The van der Waals surface area contributed by atoms with Crippen molar-refractivity contribution in [2.45, 2.75) is 6.92 Å². The van der Waals surface area contributed by atoms with Crippen LogP contribution in [0.3, 0.4) is 0 Å². The van der Waals surface area contributed by atoms with Gasteiger partial charge in [-0.2, -0.15) is 5.10 Å². The Balaban J connectivity index is 2.09. The highest BCUT2D eigenvalue weighted by molar-refractivity contribution is 6.03. The minimum Gasteiger partial charge on any atom is -0.477 e. The minimum absolute atomic E-state index is 0.0177. The molecular weight excluding hydrogens is 252 g/mol. The van der Waals surface area contributed by atoms with Gasteiger partial charge in [-0.15, -0.1) is 5.10 Å². The molecule has 9 heteroatoms. The summed E-state index contributed by atoms with van der Waals surface area (Å²) in [5.74, 6) is -1.15. The Morgan fingerprint density at radius 3 is 2.74 bits per heavy atom. The number of hydrogen-bond donors (Lipinski definition) is 4. The van der Waals surface area contributed by atoms with Gasteiger partial charge in [0.2, 0.25) is 0 Å². The van der Waals surface area contributed by atoms with Gasteiger partial charge in [0.15, 0.2) is 0 Å². The maximum atomic E-state index is 11.6. The van der Waals surface area contributed by atoms with Crippen LogP contribution in [-0.2, 0) is 0 Å². The number of amides is 2. The number of aryl methyl sites for hydroxylation is 1. The summed E-state index contributed by atoms with van der Waals surface area (Å²) < 4.78 is 0. The number of carbonyl (C=O) groups excluding carboxylic acids is 1. The highest BCUT2D eigenvalue weighted by atomic mass is 16.4. The standard InChI is InChI=1S/C10H10N6O3/c1-5-4-6(7(13-5)8(17)18)14-10(19)15-9-11-2-3-12-16-9/h2-4,13H,1H3,(H,17,18)(H2,11,14,15,16,19). The maximum absolute atomic E-state index is 11.6. The van der Waals surface area contributed by atoms with Crippen molar-refractivity contribution in [3.63, 3.8) is 0 Å². The van der Waals surface area contributed by atoms with Crippen LogP contribution in [0.25, 0.3) is 0 Å². The number of carboxylic acids is 1. The van der Waals surface area contributed by atoms with Crippen LogP contribution in [0.2, 0.25) is 0 Å². The van der Waals surface area contributed by atoms with Gasteiger partial charge in [0.05, 0.1) is 18.1 Å². The molecule has 0 saturated heterocycles. The number of carboxylic acid groups (broad SMARTS) is 1. The third-order valence-corrected chi connectivity index (χ3v) is 2.12. The maximum Gasteiger partial charge on any atom is 0.354 e. The first kappa shape index (κ1) is 12.5. The molecule has 2 heterocycles. The third-order valence-electron chi connectivity index (χ3n) is 2.12. The average molecular weight is 262 g/mol. The fourth-order valence-corrected chi connectivity index (χ4v) is 1.42. The van der Waals surface area contributed by atoms with Crippen LogP contribution in [0.4, 0.5) is 16.4 Å². The van der Waals surface area contributed by atoms with Gasteiger partial charge >= 0.3 is 12.0 Å². The highest BCUT2D eigenvalue weighted by Gasteiger charge is 2.15. The topological polar surface area (TPSA) is 133 Å². The normalized spacial score (nSPS) is 9.95. The Morgan fingerprint density at radius 1 is 1.32 bits per heavy atom. The molecule has 2 aromatic rings. The van der Waals surface area contributed by atoms with Crippen molar-refractivity contribution in [1.82, 2.24) is 20.2 Å². The number of urea groups is 1. The van der Waals surface area contributed by atoms with E-state index in [1.807, 2.05) is 0 Å². The first-order chi connectivity index (χ1) is 9.06. The lowest BCUT2D eigenvalue weighted by atomic mass is 10.3. The molecule has 2 amide bonds. The number of H-pyrrole nitrogens is 1. The molecule has 0 atom stereocenters. The quantitative estimate of drug-likeness (QED) is 0.648. The fraction of sp³-hybridized carbons (Fsp3) is 0.100. The molecule has 0 aliphatic heterocycles. The zero-order valence-corrected chi connectivity index (χ0v) is 9.84. The molecule has 19 heavy (non-hydrogen) atoms. The van der Waals surface area contributed by atoms with Crippen LogP contribution < -0.4 is 10.6 Å². The summed E-state index contributed by atoms with van der Waals surface area (Å²) in [7, 11) is 0. The molecule has 0 saturated carbocycles. The van der Waals surface area contributed by atoms with Gasteiger partial charge in [-0.25, -0.2) is 14.6 Å². The van der Waals surface area contributed by atoms with E-state index in [4.69, 9.17) is 5.11 Å². The van der Waals surface area contributed by atoms with E-state index in [1.54, 1.807) is 6.92 Å². The van der Waals surface area contributed by atoms with E-state index in [0.29, 0.717) is 5.69 Å². The summed E-state index contributed by atoms with van der Waals surface area (Å²) in [6, 6.07) is 0.849. The molecule has 2 aromatic heterocycles. The smallest absolute Gasteiger partial charge is 0.354 e. The van der Waals surface area contributed by atoms with Crippen molar-refractivity contribution in [1.29, 1.82) is 0 Å². The first-order valence-corrected chi connectivity index (χ1v) is 5.21. The van der Waals surface area contributed by atoms with Gasteiger partial charge in [-0.1, -0.05) is 0 Å². The number of aromatic amines is 1. The fourth-order valence-electron chi connectivity index (χ4n) is 1.42. The number of aromatic nitrogens is 4. The number of aromatic carboxylic acids is 1. The van der Waals surface area contributed by atoms with Gasteiger partial charge < -0.3 is 15.4 Å². The van der Waals surface area contributed by atoms with Crippen LogP contribution in [0.5, 0.6) is 0 Å². The number of carbonyl (C=O) groups is 2. The van der Waals surface area contributed by atoms with Crippen LogP contribution in [-0.4, -0.2) is 37.3 Å². The Kier molecular flexibility index (Phi) is 3.37. The minimum atomic E-state index is -1.17. The van der Waals surface area contributed by atoms with Crippen molar-refractivity contribution in [2.75, 3.05) is 10.6 Å². The Bertz CT molecular complexity index is 609. The van der Waals surface area contributed by atoms with Crippen molar-refractivity contribution < 1.29 is 14.7 Å². The summed E-state index contributed by atoms with van der Waals surface area (Å²) in [5, 5.41) is 20.8. The van der Waals surface area contributed by atoms with E-state index < -0.39 is 12.0 Å². The molecule has 98 valence electrons. The molecule has 0 radical (unpaired) electrons.